The molecule has 1 aromatic heterocycles. The van der Waals surface area contributed by atoms with E-state index < -0.39 is 6.10 Å². The zero-order valence-electron chi connectivity index (χ0n) is 12.4. The molecule has 1 N–H and O–H groups in total. The lowest BCUT2D eigenvalue weighted by atomic mass is 10.0. The fourth-order valence-electron chi connectivity index (χ4n) is 2.43. The first-order valence-corrected chi connectivity index (χ1v) is 7.16. The van der Waals surface area contributed by atoms with E-state index in [-0.39, 0.29) is 11.9 Å². The van der Waals surface area contributed by atoms with Crippen LogP contribution in [0.4, 0.5) is 4.39 Å². The molecule has 4 heteroatoms. The summed E-state index contributed by atoms with van der Waals surface area (Å²) in [6, 6.07) is 12.1. The summed E-state index contributed by atoms with van der Waals surface area (Å²) in [5.41, 5.74) is 1.67. The van der Waals surface area contributed by atoms with Gasteiger partial charge in [-0.1, -0.05) is 25.1 Å². The smallest absolute Gasteiger partial charge is 0.123 e. The van der Waals surface area contributed by atoms with Gasteiger partial charge < -0.3 is 5.11 Å². The van der Waals surface area contributed by atoms with Crippen LogP contribution in [-0.4, -0.2) is 34.7 Å². The average Bonchev–Trinajstić information content (AvgIpc) is 2.48. The number of nitrogens with zero attached hydrogens (tertiary/aromatic N) is 2. The molecule has 0 saturated carbocycles. The number of aromatic nitrogens is 1. The van der Waals surface area contributed by atoms with Gasteiger partial charge in [0.25, 0.3) is 0 Å². The van der Waals surface area contributed by atoms with Crippen LogP contribution >= 0.6 is 0 Å². The summed E-state index contributed by atoms with van der Waals surface area (Å²) in [5.74, 6) is -0.266. The van der Waals surface area contributed by atoms with E-state index in [0.29, 0.717) is 13.0 Å². The molecule has 3 nitrogen and oxygen atoms in total. The van der Waals surface area contributed by atoms with Gasteiger partial charge in [-0.3, -0.25) is 9.88 Å². The number of rotatable bonds is 6. The molecular weight excluding hydrogens is 267 g/mol. The van der Waals surface area contributed by atoms with Crippen molar-refractivity contribution in [2.24, 2.45) is 0 Å². The molecule has 2 rings (SSSR count). The summed E-state index contributed by atoms with van der Waals surface area (Å²) in [7, 11) is 1.92. The molecule has 0 spiro atoms. The van der Waals surface area contributed by atoms with Crippen LogP contribution in [-0.2, 0) is 0 Å². The summed E-state index contributed by atoms with van der Waals surface area (Å²) in [6.07, 6.45) is 2.00. The molecule has 0 radical (unpaired) electrons. The molecule has 0 aliphatic rings. The lowest BCUT2D eigenvalue weighted by molar-refractivity contribution is 0.108. The van der Waals surface area contributed by atoms with Crippen LogP contribution < -0.4 is 0 Å². The Morgan fingerprint density at radius 3 is 2.67 bits per heavy atom. The molecule has 0 aliphatic heterocycles. The molecule has 0 fully saturated rings. The van der Waals surface area contributed by atoms with Gasteiger partial charge in [-0.2, -0.15) is 0 Å². The van der Waals surface area contributed by atoms with E-state index in [4.69, 9.17) is 0 Å². The Hall–Kier alpha value is -1.78. The van der Waals surface area contributed by atoms with Crippen molar-refractivity contribution in [3.63, 3.8) is 0 Å². The predicted octanol–water partition coefficient (Wildman–Crippen LogP) is 3.01. The van der Waals surface area contributed by atoms with Crippen LogP contribution in [0.15, 0.2) is 48.7 Å². The summed E-state index contributed by atoms with van der Waals surface area (Å²) < 4.78 is 13.5. The molecule has 2 aromatic rings. The summed E-state index contributed by atoms with van der Waals surface area (Å²) >= 11 is 0. The lowest BCUT2D eigenvalue weighted by Gasteiger charge is -2.29. The monoisotopic (exact) mass is 288 g/mol. The minimum absolute atomic E-state index is 0.178. The highest BCUT2D eigenvalue weighted by Gasteiger charge is 2.22. The number of aliphatic hydroxyl groups excluding tert-OH is 1. The molecule has 1 heterocycles. The first-order valence-electron chi connectivity index (χ1n) is 7.16. The lowest BCUT2D eigenvalue weighted by Crippen LogP contribution is -2.33. The van der Waals surface area contributed by atoms with E-state index in [2.05, 4.69) is 4.98 Å². The number of likely N-dealkylation sites (N-methyl/N-ethyl adjacent to an activating group) is 1. The van der Waals surface area contributed by atoms with Gasteiger partial charge in [0, 0.05) is 12.7 Å². The summed E-state index contributed by atoms with van der Waals surface area (Å²) in [5, 5.41) is 9.89. The van der Waals surface area contributed by atoms with Gasteiger partial charge in [-0.15, -0.1) is 0 Å². The Balaban J connectivity index is 2.35. The van der Waals surface area contributed by atoms with Crippen LogP contribution in [0.3, 0.4) is 0 Å². The largest absolute Gasteiger partial charge is 0.392 e. The third kappa shape index (κ3) is 4.09. The van der Waals surface area contributed by atoms with Crippen LogP contribution in [0.25, 0.3) is 0 Å². The second-order valence-electron chi connectivity index (χ2n) is 5.21. The quantitative estimate of drug-likeness (QED) is 0.887. The Labute approximate surface area is 125 Å². The average molecular weight is 288 g/mol. The third-order valence-electron chi connectivity index (χ3n) is 3.54. The number of pyridine rings is 1. The van der Waals surface area contributed by atoms with Gasteiger partial charge in [0.05, 0.1) is 17.8 Å². The van der Waals surface area contributed by atoms with Gasteiger partial charge in [0.1, 0.15) is 5.82 Å². The zero-order chi connectivity index (χ0) is 15.2. The number of benzene rings is 1. The fourth-order valence-corrected chi connectivity index (χ4v) is 2.43. The number of aliphatic hydroxyl groups is 1. The van der Waals surface area contributed by atoms with Gasteiger partial charge in [0.15, 0.2) is 0 Å². The van der Waals surface area contributed by atoms with Crippen molar-refractivity contribution < 1.29 is 9.50 Å². The molecule has 0 amide bonds. The Bertz CT molecular complexity index is 562. The van der Waals surface area contributed by atoms with Crippen molar-refractivity contribution in [1.82, 2.24) is 9.88 Å². The maximum atomic E-state index is 13.5. The number of halogens is 1. The molecular formula is C17H21FN2O. The first kappa shape index (κ1) is 15.6. The minimum atomic E-state index is -0.408. The van der Waals surface area contributed by atoms with Crippen molar-refractivity contribution in [2.75, 3.05) is 13.6 Å². The SMILES string of the molecule is CC[C@H](O)CN(C)[C@@H](c1cccc(F)c1)c1ccccn1. The molecule has 2 atom stereocenters. The molecule has 112 valence electrons. The van der Waals surface area contributed by atoms with Gasteiger partial charge in [0.2, 0.25) is 0 Å². The molecule has 21 heavy (non-hydrogen) atoms. The highest BCUT2D eigenvalue weighted by Crippen LogP contribution is 2.26. The van der Waals surface area contributed by atoms with Gasteiger partial charge in [-0.25, -0.2) is 4.39 Å². The highest BCUT2D eigenvalue weighted by molar-refractivity contribution is 5.28. The van der Waals surface area contributed by atoms with E-state index >= 15 is 0 Å². The Morgan fingerprint density at radius 2 is 2.05 bits per heavy atom. The molecule has 0 aliphatic carbocycles. The molecule has 1 aromatic carbocycles. The number of hydrogen-bond acceptors (Lipinski definition) is 3. The van der Waals surface area contributed by atoms with Crippen LogP contribution in [0.2, 0.25) is 0 Å². The fraction of sp³-hybridized carbons (Fsp3) is 0.353. The number of hydrogen-bond donors (Lipinski definition) is 1. The van der Waals surface area contributed by atoms with Crippen LogP contribution in [0.5, 0.6) is 0 Å². The normalized spacial score (nSPS) is 14.1. The highest BCUT2D eigenvalue weighted by atomic mass is 19.1. The third-order valence-corrected chi connectivity index (χ3v) is 3.54. The van der Waals surface area contributed by atoms with Crippen molar-refractivity contribution >= 4 is 0 Å². The van der Waals surface area contributed by atoms with Crippen LogP contribution in [0.1, 0.15) is 30.6 Å². The topological polar surface area (TPSA) is 36.4 Å². The van der Waals surface area contributed by atoms with E-state index in [0.717, 1.165) is 11.3 Å². The standard InChI is InChI=1S/C17H21FN2O/c1-3-15(21)12-20(2)17(16-9-4-5-10-19-16)13-7-6-8-14(18)11-13/h4-11,15,17,21H,3,12H2,1-2H3/t15-,17-/m0/s1. The first-order chi connectivity index (χ1) is 10.1. The molecule has 0 saturated heterocycles. The summed E-state index contributed by atoms with van der Waals surface area (Å²) in [4.78, 5) is 6.40. The van der Waals surface area contributed by atoms with E-state index in [1.54, 1.807) is 12.3 Å². The minimum Gasteiger partial charge on any atom is -0.392 e. The van der Waals surface area contributed by atoms with Crippen LogP contribution in [0, 0.1) is 5.82 Å². The zero-order valence-corrected chi connectivity index (χ0v) is 12.4. The van der Waals surface area contributed by atoms with Gasteiger partial charge >= 0.3 is 0 Å². The van der Waals surface area contributed by atoms with E-state index in [1.807, 2.05) is 43.1 Å². The second kappa shape index (κ2) is 7.29. The van der Waals surface area contributed by atoms with E-state index in [9.17, 15) is 9.50 Å². The van der Waals surface area contributed by atoms with Crippen molar-refractivity contribution in [3.8, 4) is 0 Å². The van der Waals surface area contributed by atoms with Crippen molar-refractivity contribution in [1.29, 1.82) is 0 Å². The second-order valence-corrected chi connectivity index (χ2v) is 5.21. The maximum absolute atomic E-state index is 13.5. The molecule has 0 unspecified atom stereocenters. The van der Waals surface area contributed by atoms with Crippen molar-refractivity contribution in [2.45, 2.75) is 25.5 Å². The van der Waals surface area contributed by atoms with E-state index in [1.165, 1.54) is 12.1 Å². The Kier molecular flexibility index (Phi) is 5.42. The molecule has 0 bridgehead atoms. The predicted molar refractivity (Wildman–Crippen MR) is 81.4 cm³/mol. The summed E-state index contributed by atoms with van der Waals surface area (Å²) in [6.45, 7) is 2.45. The van der Waals surface area contributed by atoms with Gasteiger partial charge in [-0.05, 0) is 43.3 Å². The maximum Gasteiger partial charge on any atom is 0.123 e. The Morgan fingerprint density at radius 1 is 1.24 bits per heavy atom. The van der Waals surface area contributed by atoms with Crippen molar-refractivity contribution in [3.05, 3.63) is 65.7 Å².